The number of rotatable bonds is 9. The first-order valence-corrected chi connectivity index (χ1v) is 20.6. The van der Waals surface area contributed by atoms with Gasteiger partial charge >= 0.3 is 12.2 Å². The Bertz CT molecular complexity index is 2640. The van der Waals surface area contributed by atoms with E-state index in [1.807, 2.05) is 73.5 Å². The number of aromatic amines is 2. The summed E-state index contributed by atoms with van der Waals surface area (Å²) in [7, 11) is 2.58. The molecule has 0 saturated carbocycles. The summed E-state index contributed by atoms with van der Waals surface area (Å²) in [6.45, 7) is 4.38. The Labute approximate surface area is 352 Å². The summed E-state index contributed by atoms with van der Waals surface area (Å²) in [5, 5.41) is 5.43. The number of pyridine rings is 1. The second-order valence-corrected chi connectivity index (χ2v) is 16.2. The molecule has 0 spiro atoms. The molecule has 15 heteroatoms. The highest BCUT2D eigenvalue weighted by Gasteiger charge is 2.43. The number of carbonyl (C=O) groups is 4. The number of anilines is 1. The standard InChI is InChI=1S/C46H47N9O6/c1-25(2)39(53-46(59)61-4)44(57)54-20-6-9-37(54)42-49-33-18-15-29(21-35(33)50-42)32-17-16-31(23-47-32)26-10-12-27(13-11-26)36-24-48-41(51-36)38-22-30-8-5-7-28-14-19-34(52-45(58)60-3)43(56)55(38)40(28)30/h5,7-8,10-13,15-18,21,23-25,34,37-39H,6,9,14,19-20,22H2,1-4H3,(H,48,51)(H,49,50)(H,52,58)(H,53,59)/t34-,37-,38-,39-/m0/s1. The molecule has 0 unspecified atom stereocenters. The molecule has 61 heavy (non-hydrogen) atoms. The van der Waals surface area contributed by atoms with Crippen molar-refractivity contribution in [1.82, 2.24) is 40.5 Å². The van der Waals surface area contributed by atoms with Crippen LogP contribution in [0.3, 0.4) is 0 Å². The van der Waals surface area contributed by atoms with E-state index in [-0.39, 0.29) is 29.8 Å². The largest absolute Gasteiger partial charge is 0.453 e. The lowest BCUT2D eigenvalue weighted by molar-refractivity contribution is -0.135. The lowest BCUT2D eigenvalue weighted by Gasteiger charge is -2.29. The lowest BCUT2D eigenvalue weighted by atomic mass is 10.0. The molecule has 0 aliphatic carbocycles. The van der Waals surface area contributed by atoms with E-state index in [1.165, 1.54) is 14.2 Å². The first kappa shape index (κ1) is 39.4. The molecule has 1 saturated heterocycles. The molecule has 15 nitrogen and oxygen atoms in total. The minimum atomic E-state index is -0.705. The molecule has 4 atom stereocenters. The second kappa shape index (κ2) is 16.2. The molecule has 4 amide bonds. The molecular weight excluding hydrogens is 775 g/mol. The van der Waals surface area contributed by atoms with Crippen LogP contribution in [-0.2, 0) is 31.9 Å². The molecule has 3 aromatic carbocycles. The summed E-state index contributed by atoms with van der Waals surface area (Å²) >= 11 is 0. The summed E-state index contributed by atoms with van der Waals surface area (Å²) in [5.74, 6) is 0.958. The van der Waals surface area contributed by atoms with Crippen LogP contribution in [0.25, 0.3) is 44.7 Å². The normalized spacial score (nSPS) is 18.8. The van der Waals surface area contributed by atoms with Crippen LogP contribution in [0.5, 0.6) is 0 Å². The van der Waals surface area contributed by atoms with Gasteiger partial charge in [-0.15, -0.1) is 0 Å². The van der Waals surface area contributed by atoms with Crippen molar-refractivity contribution in [3.8, 4) is 33.6 Å². The van der Waals surface area contributed by atoms with E-state index >= 15 is 0 Å². The maximum absolute atomic E-state index is 13.9. The van der Waals surface area contributed by atoms with Crippen LogP contribution in [0.2, 0.25) is 0 Å². The Morgan fingerprint density at radius 3 is 2.31 bits per heavy atom. The molecule has 3 aromatic heterocycles. The number of fused-ring (bicyclic) bond motifs is 1. The van der Waals surface area contributed by atoms with Gasteiger partial charge in [0.2, 0.25) is 11.8 Å². The van der Waals surface area contributed by atoms with Gasteiger partial charge in [-0.1, -0.05) is 68.4 Å². The quantitative estimate of drug-likeness (QED) is 0.119. The van der Waals surface area contributed by atoms with E-state index in [2.05, 4.69) is 44.9 Å². The average Bonchev–Trinajstić information content (AvgIpc) is 4.10. The van der Waals surface area contributed by atoms with Crippen LogP contribution in [0, 0.1) is 5.92 Å². The van der Waals surface area contributed by atoms with E-state index in [9.17, 15) is 19.2 Å². The number of hydrogen-bond donors (Lipinski definition) is 4. The predicted octanol–water partition coefficient (Wildman–Crippen LogP) is 7.03. The van der Waals surface area contributed by atoms with Crippen LogP contribution in [0.15, 0.2) is 85.2 Å². The maximum Gasteiger partial charge on any atom is 0.407 e. The number of likely N-dealkylation sites (tertiary alicyclic amines) is 1. The van der Waals surface area contributed by atoms with Crippen molar-refractivity contribution in [1.29, 1.82) is 0 Å². The van der Waals surface area contributed by atoms with E-state index in [0.29, 0.717) is 31.6 Å². The van der Waals surface area contributed by atoms with E-state index in [1.54, 1.807) is 11.1 Å². The zero-order valence-corrected chi connectivity index (χ0v) is 34.4. The molecule has 6 aromatic rings. The topological polar surface area (TPSA) is 188 Å². The van der Waals surface area contributed by atoms with Crippen molar-refractivity contribution < 1.29 is 28.7 Å². The van der Waals surface area contributed by atoms with Crippen LogP contribution < -0.4 is 15.5 Å². The Morgan fingerprint density at radius 1 is 0.803 bits per heavy atom. The molecule has 6 heterocycles. The van der Waals surface area contributed by atoms with Gasteiger partial charge in [0.25, 0.3) is 0 Å². The molecule has 3 aliphatic rings. The highest BCUT2D eigenvalue weighted by molar-refractivity contribution is 6.02. The molecular formula is C46H47N9O6. The van der Waals surface area contributed by atoms with Crippen molar-refractivity contribution in [3.63, 3.8) is 0 Å². The lowest BCUT2D eigenvalue weighted by Crippen LogP contribution is -2.51. The molecule has 9 rings (SSSR count). The zero-order chi connectivity index (χ0) is 42.4. The number of aryl methyl sites for hydroxylation is 1. The third kappa shape index (κ3) is 7.44. The van der Waals surface area contributed by atoms with Crippen molar-refractivity contribution in [2.75, 3.05) is 25.7 Å². The Morgan fingerprint density at radius 2 is 1.56 bits per heavy atom. The molecule has 0 radical (unpaired) electrons. The van der Waals surface area contributed by atoms with Gasteiger partial charge in [-0.2, -0.15) is 0 Å². The summed E-state index contributed by atoms with van der Waals surface area (Å²) in [4.78, 5) is 76.7. The highest BCUT2D eigenvalue weighted by atomic mass is 16.5. The zero-order valence-electron chi connectivity index (χ0n) is 34.4. The number of nitrogens with zero attached hydrogens (tertiary/aromatic N) is 5. The van der Waals surface area contributed by atoms with Crippen LogP contribution in [0.1, 0.15) is 68.0 Å². The van der Waals surface area contributed by atoms with Gasteiger partial charge in [-0.3, -0.25) is 19.5 Å². The summed E-state index contributed by atoms with van der Waals surface area (Å²) in [6, 6.07) is 22.4. The highest BCUT2D eigenvalue weighted by Crippen LogP contribution is 2.45. The van der Waals surface area contributed by atoms with Gasteiger partial charge in [0.05, 0.1) is 60.6 Å². The van der Waals surface area contributed by atoms with Gasteiger partial charge in [0, 0.05) is 30.3 Å². The Hall–Kier alpha value is -7.03. The number of para-hydroxylation sites is 1. The minimum absolute atomic E-state index is 0.115. The number of carbonyl (C=O) groups excluding carboxylic acids is 4. The molecule has 0 bridgehead atoms. The van der Waals surface area contributed by atoms with Crippen molar-refractivity contribution in [2.45, 2.75) is 70.1 Å². The minimum Gasteiger partial charge on any atom is -0.453 e. The average molecular weight is 822 g/mol. The van der Waals surface area contributed by atoms with Crippen molar-refractivity contribution >= 4 is 40.7 Å². The number of ether oxygens (including phenoxy) is 2. The number of benzene rings is 3. The second-order valence-electron chi connectivity index (χ2n) is 16.2. The molecule has 3 aliphatic heterocycles. The first-order chi connectivity index (χ1) is 29.6. The summed E-state index contributed by atoms with van der Waals surface area (Å²) < 4.78 is 9.59. The smallest absolute Gasteiger partial charge is 0.407 e. The van der Waals surface area contributed by atoms with Gasteiger partial charge < -0.3 is 35.0 Å². The van der Waals surface area contributed by atoms with Gasteiger partial charge in [0.15, 0.2) is 0 Å². The number of H-pyrrole nitrogens is 2. The fourth-order valence-electron chi connectivity index (χ4n) is 8.95. The third-order valence-electron chi connectivity index (χ3n) is 12.1. The molecule has 1 fully saturated rings. The van der Waals surface area contributed by atoms with Crippen LogP contribution in [-0.4, -0.2) is 86.7 Å². The number of amides is 4. The van der Waals surface area contributed by atoms with E-state index in [4.69, 9.17) is 24.4 Å². The van der Waals surface area contributed by atoms with Crippen molar-refractivity contribution in [3.05, 3.63) is 108 Å². The number of nitrogens with one attached hydrogen (secondary N) is 4. The van der Waals surface area contributed by atoms with Crippen molar-refractivity contribution in [2.24, 2.45) is 5.92 Å². The van der Waals surface area contributed by atoms with E-state index < -0.39 is 24.3 Å². The Kier molecular flexibility index (Phi) is 10.5. The number of methoxy groups -OCH3 is 2. The SMILES string of the molecule is COC(=O)N[C@H]1CCc2cccc3c2N(C1=O)[C@H](c1ncc(-c2ccc(-c4ccc(-c5ccc6nc([C@@H]7CCCN7C(=O)[C@@H](NC(=O)OC)C(C)C)[nH]c6c5)nc4)cc2)[nH]1)C3. The van der Waals surface area contributed by atoms with Crippen LogP contribution >= 0.6 is 0 Å². The Balaban J connectivity index is 0.889. The number of hydrogen-bond acceptors (Lipinski definition) is 9. The van der Waals surface area contributed by atoms with Gasteiger partial charge in [-0.05, 0) is 72.1 Å². The number of aromatic nitrogens is 5. The van der Waals surface area contributed by atoms with Gasteiger partial charge in [0.1, 0.15) is 23.7 Å². The fraction of sp³-hybridized carbons (Fsp3) is 0.326. The summed E-state index contributed by atoms with van der Waals surface area (Å²) in [6.07, 6.45) is 5.77. The monoisotopic (exact) mass is 821 g/mol. The predicted molar refractivity (Wildman–Crippen MR) is 228 cm³/mol. The maximum atomic E-state index is 13.9. The molecule has 312 valence electrons. The van der Waals surface area contributed by atoms with Crippen LogP contribution in [0.4, 0.5) is 15.3 Å². The molecule has 4 N–H and O–H groups in total. The summed E-state index contributed by atoms with van der Waals surface area (Å²) in [5.41, 5.74) is 10.2. The number of alkyl carbamates (subject to hydrolysis) is 2. The van der Waals surface area contributed by atoms with Gasteiger partial charge in [-0.25, -0.2) is 19.6 Å². The van der Waals surface area contributed by atoms with E-state index in [0.717, 1.165) is 80.2 Å². The first-order valence-electron chi connectivity index (χ1n) is 20.6. The third-order valence-corrected chi connectivity index (χ3v) is 12.1. The number of imidazole rings is 2. The fourth-order valence-corrected chi connectivity index (χ4v) is 8.95.